The molecule has 0 saturated heterocycles. The van der Waals surface area contributed by atoms with Gasteiger partial charge in [0.1, 0.15) is 4.84 Å². The normalized spacial score (nSPS) is 21.1. The molecule has 0 bridgehead atoms. The molecular formula is C11H17Cl4NO2S2. The summed E-state index contributed by atoms with van der Waals surface area (Å²) in [6.45, 7) is 3.69. The number of hydrogen-bond donors (Lipinski definition) is 1. The average Bonchev–Trinajstić information content (AvgIpc) is 2.38. The van der Waals surface area contributed by atoms with Crippen LogP contribution in [0.5, 0.6) is 0 Å². The van der Waals surface area contributed by atoms with Crippen LogP contribution >= 0.6 is 58.2 Å². The Bertz CT molecular complexity index is 351. The summed E-state index contributed by atoms with van der Waals surface area (Å²) in [5.41, 5.74) is 0. The summed E-state index contributed by atoms with van der Waals surface area (Å²) in [4.78, 5) is -1.03. The fourth-order valence-electron chi connectivity index (χ4n) is 2.18. The van der Waals surface area contributed by atoms with Crippen molar-refractivity contribution in [2.75, 3.05) is 0 Å². The molecule has 1 N–H and O–H groups in total. The van der Waals surface area contributed by atoms with Crippen LogP contribution in [0.1, 0.15) is 32.1 Å². The maximum atomic E-state index is 11.7. The number of halogens is 4. The van der Waals surface area contributed by atoms with Gasteiger partial charge >= 0.3 is 0 Å². The second-order valence-corrected chi connectivity index (χ2v) is 9.67. The van der Waals surface area contributed by atoms with Gasteiger partial charge in [-0.15, -0.1) is 29.8 Å². The van der Waals surface area contributed by atoms with E-state index in [1.807, 2.05) is 0 Å². The molecule has 0 spiro atoms. The lowest BCUT2D eigenvalue weighted by Gasteiger charge is -2.37. The first-order valence-corrected chi connectivity index (χ1v) is 9.72. The molecule has 2 unspecified atom stereocenters. The molecule has 0 aliphatic heterocycles. The van der Waals surface area contributed by atoms with Gasteiger partial charge in [-0.25, -0.2) is 4.21 Å². The molecule has 1 aliphatic carbocycles. The third kappa shape index (κ3) is 5.51. The molecule has 1 rings (SSSR count). The molecule has 0 aromatic rings. The zero-order valence-corrected chi connectivity index (χ0v) is 15.3. The van der Waals surface area contributed by atoms with E-state index in [-0.39, 0.29) is 6.04 Å². The Labute approximate surface area is 146 Å². The average molecular weight is 401 g/mol. The van der Waals surface area contributed by atoms with E-state index in [0.29, 0.717) is 0 Å². The lowest BCUT2D eigenvalue weighted by atomic mass is 9.95. The molecule has 2 atom stereocenters. The minimum Gasteiger partial charge on any atom is -0.294 e. The maximum absolute atomic E-state index is 11.7. The van der Waals surface area contributed by atoms with Gasteiger partial charge < -0.3 is 0 Å². The van der Waals surface area contributed by atoms with E-state index in [1.165, 1.54) is 10.4 Å². The van der Waals surface area contributed by atoms with Crippen molar-refractivity contribution in [1.82, 2.24) is 4.31 Å². The number of nitrogens with zero attached hydrogens (tertiary/aromatic N) is 1. The Morgan fingerprint density at radius 3 is 2.30 bits per heavy atom. The van der Waals surface area contributed by atoms with Crippen LogP contribution < -0.4 is 0 Å². The molecule has 0 amide bonds. The standard InChI is InChI=1S/C11H17Cl4NO2S2/c1-2-9(19-11(14,15)10(12)13)16(20(17)18)8-6-4-3-5-7-8/h2,8-10H,1,3-7H2,(H,17,18). The van der Waals surface area contributed by atoms with Crippen LogP contribution in [0.15, 0.2) is 12.7 Å². The topological polar surface area (TPSA) is 40.5 Å². The van der Waals surface area contributed by atoms with Crippen LogP contribution in [-0.2, 0) is 11.3 Å². The van der Waals surface area contributed by atoms with Gasteiger partial charge in [0.15, 0.2) is 3.67 Å². The van der Waals surface area contributed by atoms with Gasteiger partial charge in [-0.3, -0.25) is 4.55 Å². The van der Waals surface area contributed by atoms with Gasteiger partial charge in [0.05, 0.1) is 5.37 Å². The van der Waals surface area contributed by atoms with Gasteiger partial charge in [-0.1, -0.05) is 60.3 Å². The third-order valence-electron chi connectivity index (χ3n) is 3.10. The second kappa shape index (κ2) is 8.82. The second-order valence-electron chi connectivity index (χ2n) is 4.49. The molecule has 0 radical (unpaired) electrons. The van der Waals surface area contributed by atoms with Gasteiger partial charge in [-0.2, -0.15) is 4.31 Å². The molecule has 1 saturated carbocycles. The molecule has 9 heteroatoms. The monoisotopic (exact) mass is 399 g/mol. The highest BCUT2D eigenvalue weighted by Crippen LogP contribution is 2.46. The van der Waals surface area contributed by atoms with Crippen molar-refractivity contribution in [3.63, 3.8) is 0 Å². The van der Waals surface area contributed by atoms with E-state index in [1.54, 1.807) is 0 Å². The Balaban J connectivity index is 2.86. The largest absolute Gasteiger partial charge is 0.294 e. The highest BCUT2D eigenvalue weighted by atomic mass is 35.5. The van der Waals surface area contributed by atoms with Crippen molar-refractivity contribution < 1.29 is 8.76 Å². The minimum atomic E-state index is -2.14. The first-order chi connectivity index (χ1) is 9.29. The Kier molecular flexibility index (Phi) is 8.54. The van der Waals surface area contributed by atoms with Crippen LogP contribution in [0.2, 0.25) is 0 Å². The summed E-state index contributed by atoms with van der Waals surface area (Å²) in [6.07, 6.45) is 6.47. The first kappa shape index (κ1) is 19.4. The van der Waals surface area contributed by atoms with Gasteiger partial charge in [-0.05, 0) is 12.8 Å². The Morgan fingerprint density at radius 1 is 1.35 bits per heavy atom. The summed E-state index contributed by atoms with van der Waals surface area (Å²) < 4.78 is 21.3. The molecule has 3 nitrogen and oxygen atoms in total. The van der Waals surface area contributed by atoms with Gasteiger partial charge in [0, 0.05) is 6.04 Å². The summed E-state index contributed by atoms with van der Waals surface area (Å²) in [5, 5.41) is -0.543. The van der Waals surface area contributed by atoms with Crippen LogP contribution in [0.4, 0.5) is 0 Å². The lowest BCUT2D eigenvalue weighted by Crippen LogP contribution is -2.44. The summed E-state index contributed by atoms with van der Waals surface area (Å²) in [7, 11) is 0. The van der Waals surface area contributed by atoms with E-state index in [0.717, 1.165) is 43.9 Å². The van der Waals surface area contributed by atoms with Crippen LogP contribution in [0, 0.1) is 0 Å². The predicted octanol–water partition coefficient (Wildman–Crippen LogP) is 4.94. The van der Waals surface area contributed by atoms with E-state index in [2.05, 4.69) is 6.58 Å². The SMILES string of the molecule is C=CC(SC(Cl)(Cl)C(Cl)Cl)N(C1CCCCC1)S(=O)O. The van der Waals surface area contributed by atoms with Crippen molar-refractivity contribution in [2.24, 2.45) is 0 Å². The van der Waals surface area contributed by atoms with Gasteiger partial charge in [0.25, 0.3) is 0 Å². The molecule has 1 fully saturated rings. The highest BCUT2D eigenvalue weighted by Gasteiger charge is 2.40. The smallest absolute Gasteiger partial charge is 0.236 e. The van der Waals surface area contributed by atoms with Gasteiger partial charge in [0.2, 0.25) is 11.3 Å². The minimum absolute atomic E-state index is 0.00156. The zero-order valence-electron chi connectivity index (χ0n) is 10.7. The van der Waals surface area contributed by atoms with E-state index in [4.69, 9.17) is 46.4 Å². The number of hydrogen-bond acceptors (Lipinski definition) is 2. The molecule has 0 heterocycles. The fourth-order valence-corrected chi connectivity index (χ4v) is 4.91. The molecule has 0 aromatic carbocycles. The zero-order chi connectivity index (χ0) is 15.3. The number of rotatable bonds is 7. The summed E-state index contributed by atoms with van der Waals surface area (Å²) in [6, 6.07) is -0.00156. The van der Waals surface area contributed by atoms with Crippen molar-refractivity contribution >= 4 is 69.4 Å². The van der Waals surface area contributed by atoms with E-state index in [9.17, 15) is 8.76 Å². The molecule has 1 aliphatic rings. The van der Waals surface area contributed by atoms with E-state index >= 15 is 0 Å². The predicted molar refractivity (Wildman–Crippen MR) is 91.0 cm³/mol. The molecule has 118 valence electrons. The van der Waals surface area contributed by atoms with Crippen molar-refractivity contribution in [1.29, 1.82) is 0 Å². The summed E-state index contributed by atoms with van der Waals surface area (Å²) >= 11 is 22.4. The van der Waals surface area contributed by atoms with Crippen molar-refractivity contribution in [2.45, 2.75) is 52.0 Å². The molecule has 20 heavy (non-hydrogen) atoms. The number of thioether (sulfide) groups is 1. The van der Waals surface area contributed by atoms with Crippen molar-refractivity contribution in [3.8, 4) is 0 Å². The van der Waals surface area contributed by atoms with Crippen molar-refractivity contribution in [3.05, 3.63) is 12.7 Å². The maximum Gasteiger partial charge on any atom is 0.236 e. The highest BCUT2D eigenvalue weighted by molar-refractivity contribution is 8.04. The Morgan fingerprint density at radius 2 is 1.90 bits per heavy atom. The lowest BCUT2D eigenvalue weighted by molar-refractivity contribution is 0.254. The number of alkyl halides is 4. The van der Waals surface area contributed by atoms with Crippen LogP contribution in [-0.4, -0.2) is 33.0 Å². The molecule has 0 aromatic heterocycles. The first-order valence-electron chi connectivity index (χ1n) is 6.15. The fraction of sp³-hybridized carbons (Fsp3) is 0.818. The van der Waals surface area contributed by atoms with E-state index < -0.39 is 25.1 Å². The summed E-state index contributed by atoms with van der Waals surface area (Å²) in [5.74, 6) is 0. The third-order valence-corrected chi connectivity index (χ3v) is 7.66. The molecular weight excluding hydrogens is 384 g/mol. The Hall–Kier alpha value is 1.32. The van der Waals surface area contributed by atoms with Crippen LogP contribution in [0.25, 0.3) is 0 Å². The van der Waals surface area contributed by atoms with Crippen LogP contribution in [0.3, 0.4) is 0 Å². The quantitative estimate of drug-likeness (QED) is 0.284.